The van der Waals surface area contributed by atoms with Crippen LogP contribution in [0.3, 0.4) is 0 Å². The second-order valence-corrected chi connectivity index (χ2v) is 3.42. The number of amides is 2. The molecule has 0 fully saturated rings. The lowest BCUT2D eigenvalue weighted by Crippen LogP contribution is -2.24. The first kappa shape index (κ1) is 10.6. The van der Waals surface area contributed by atoms with Crippen LogP contribution in [0.2, 0.25) is 0 Å². The number of carbonyl (C=O) groups is 1. The number of rotatable bonds is 1. The first-order chi connectivity index (χ1) is 7.79. The number of ether oxygens (including phenoxy) is 2. The zero-order valence-electron chi connectivity index (χ0n) is 9.08. The number of benzene rings is 1. The minimum Gasteiger partial charge on any atom is -0.490 e. The normalized spacial score (nSPS) is 13.8. The van der Waals surface area contributed by atoms with Crippen molar-refractivity contribution < 1.29 is 14.3 Å². The molecule has 2 rings (SSSR count). The summed E-state index contributed by atoms with van der Waals surface area (Å²) in [6.45, 7) is 1.30. The topological polar surface area (TPSA) is 59.6 Å². The Morgan fingerprint density at radius 2 is 2.00 bits per heavy atom. The van der Waals surface area contributed by atoms with Crippen LogP contribution in [0.4, 0.5) is 10.5 Å². The Bertz CT molecular complexity index is 393. The van der Waals surface area contributed by atoms with E-state index in [-0.39, 0.29) is 6.03 Å². The van der Waals surface area contributed by atoms with E-state index in [2.05, 4.69) is 10.6 Å². The average molecular weight is 222 g/mol. The molecule has 0 saturated heterocycles. The van der Waals surface area contributed by atoms with E-state index in [1.54, 1.807) is 25.2 Å². The third-order valence-electron chi connectivity index (χ3n) is 2.23. The van der Waals surface area contributed by atoms with Crippen molar-refractivity contribution in [3.63, 3.8) is 0 Å². The Balaban J connectivity index is 2.17. The zero-order chi connectivity index (χ0) is 11.4. The lowest BCUT2D eigenvalue weighted by Gasteiger charge is -2.09. The Hall–Kier alpha value is -1.91. The van der Waals surface area contributed by atoms with Crippen LogP contribution in [0.25, 0.3) is 0 Å². The van der Waals surface area contributed by atoms with Crippen molar-refractivity contribution in [3.8, 4) is 11.5 Å². The van der Waals surface area contributed by atoms with Gasteiger partial charge in [0, 0.05) is 25.2 Å². The van der Waals surface area contributed by atoms with E-state index in [1.165, 1.54) is 0 Å². The molecule has 0 radical (unpaired) electrons. The molecular weight excluding hydrogens is 208 g/mol. The Kier molecular flexibility index (Phi) is 3.14. The second-order valence-electron chi connectivity index (χ2n) is 3.42. The van der Waals surface area contributed by atoms with Gasteiger partial charge in [-0.2, -0.15) is 0 Å². The maximum Gasteiger partial charge on any atom is 0.318 e. The molecule has 0 bridgehead atoms. The third-order valence-corrected chi connectivity index (χ3v) is 2.23. The number of nitrogens with one attached hydrogen (secondary N) is 2. The molecule has 1 heterocycles. The van der Waals surface area contributed by atoms with Gasteiger partial charge in [-0.25, -0.2) is 4.79 Å². The highest BCUT2D eigenvalue weighted by Gasteiger charge is 2.11. The highest BCUT2D eigenvalue weighted by Crippen LogP contribution is 2.32. The van der Waals surface area contributed by atoms with Gasteiger partial charge in [-0.05, 0) is 12.1 Å². The number of urea groups is 1. The van der Waals surface area contributed by atoms with Gasteiger partial charge in [0.2, 0.25) is 0 Å². The summed E-state index contributed by atoms with van der Waals surface area (Å²) in [4.78, 5) is 11.1. The summed E-state index contributed by atoms with van der Waals surface area (Å²) in [6.07, 6.45) is 0.868. The van der Waals surface area contributed by atoms with Gasteiger partial charge in [0.15, 0.2) is 11.5 Å². The van der Waals surface area contributed by atoms with Crippen LogP contribution in [0.5, 0.6) is 11.5 Å². The van der Waals surface area contributed by atoms with E-state index >= 15 is 0 Å². The zero-order valence-corrected chi connectivity index (χ0v) is 9.08. The molecule has 0 unspecified atom stereocenters. The molecule has 86 valence electrons. The summed E-state index contributed by atoms with van der Waals surface area (Å²) < 4.78 is 11.0. The summed E-state index contributed by atoms with van der Waals surface area (Å²) in [5.41, 5.74) is 0.684. The van der Waals surface area contributed by atoms with E-state index in [9.17, 15) is 4.79 Å². The van der Waals surface area contributed by atoms with Crippen LogP contribution in [-0.4, -0.2) is 26.3 Å². The minimum absolute atomic E-state index is 0.255. The standard InChI is InChI=1S/C11H14N2O3/c1-12-11(14)13-8-3-4-9-10(7-8)16-6-2-5-15-9/h3-4,7H,2,5-6H2,1H3,(H2,12,13,14). The van der Waals surface area contributed by atoms with E-state index in [0.717, 1.165) is 12.2 Å². The molecule has 1 aliphatic heterocycles. The molecular formula is C11H14N2O3. The van der Waals surface area contributed by atoms with Crippen LogP contribution in [0.15, 0.2) is 18.2 Å². The predicted molar refractivity (Wildman–Crippen MR) is 60.1 cm³/mol. The number of hydrogen-bond acceptors (Lipinski definition) is 3. The minimum atomic E-state index is -0.255. The van der Waals surface area contributed by atoms with Gasteiger partial charge < -0.3 is 20.1 Å². The maximum absolute atomic E-state index is 11.1. The van der Waals surface area contributed by atoms with Crippen molar-refractivity contribution in [3.05, 3.63) is 18.2 Å². The monoisotopic (exact) mass is 222 g/mol. The van der Waals surface area contributed by atoms with Gasteiger partial charge in [0.25, 0.3) is 0 Å². The van der Waals surface area contributed by atoms with Crippen molar-refractivity contribution in [1.82, 2.24) is 5.32 Å². The van der Waals surface area contributed by atoms with Gasteiger partial charge in [-0.15, -0.1) is 0 Å². The van der Waals surface area contributed by atoms with E-state index in [1.807, 2.05) is 0 Å². The quantitative estimate of drug-likeness (QED) is 0.758. The summed E-state index contributed by atoms with van der Waals surface area (Å²) in [5, 5.41) is 5.16. The lowest BCUT2D eigenvalue weighted by molar-refractivity contribution is 0.254. The Morgan fingerprint density at radius 3 is 2.75 bits per heavy atom. The van der Waals surface area contributed by atoms with Gasteiger partial charge in [0.1, 0.15) is 0 Å². The van der Waals surface area contributed by atoms with Crippen LogP contribution >= 0.6 is 0 Å². The fourth-order valence-corrected chi connectivity index (χ4v) is 1.43. The summed E-state index contributed by atoms with van der Waals surface area (Å²) in [6, 6.07) is 5.08. The predicted octanol–water partition coefficient (Wildman–Crippen LogP) is 1.60. The summed E-state index contributed by atoms with van der Waals surface area (Å²) in [7, 11) is 1.57. The molecule has 5 nitrogen and oxygen atoms in total. The van der Waals surface area contributed by atoms with E-state index in [4.69, 9.17) is 9.47 Å². The highest BCUT2D eigenvalue weighted by atomic mass is 16.5. The molecule has 2 N–H and O–H groups in total. The maximum atomic E-state index is 11.1. The first-order valence-corrected chi connectivity index (χ1v) is 5.18. The van der Waals surface area contributed by atoms with Crippen LogP contribution in [0.1, 0.15) is 6.42 Å². The molecule has 2 amide bonds. The van der Waals surface area contributed by atoms with Crippen molar-refractivity contribution in [2.45, 2.75) is 6.42 Å². The van der Waals surface area contributed by atoms with Crippen molar-refractivity contribution in [2.24, 2.45) is 0 Å². The van der Waals surface area contributed by atoms with Crippen LogP contribution in [-0.2, 0) is 0 Å². The average Bonchev–Trinajstić information content (AvgIpc) is 2.53. The summed E-state index contributed by atoms with van der Waals surface area (Å²) >= 11 is 0. The van der Waals surface area contributed by atoms with Gasteiger partial charge >= 0.3 is 6.03 Å². The SMILES string of the molecule is CNC(=O)Nc1ccc2c(c1)OCCCO2. The van der Waals surface area contributed by atoms with Crippen molar-refractivity contribution >= 4 is 11.7 Å². The largest absolute Gasteiger partial charge is 0.490 e. The molecule has 1 aromatic rings. The molecule has 0 aliphatic carbocycles. The molecule has 1 aliphatic rings. The summed E-state index contributed by atoms with van der Waals surface area (Å²) in [5.74, 6) is 1.39. The highest BCUT2D eigenvalue weighted by molar-refractivity contribution is 5.89. The molecule has 16 heavy (non-hydrogen) atoms. The number of hydrogen-bond donors (Lipinski definition) is 2. The molecule has 0 saturated carbocycles. The second kappa shape index (κ2) is 4.74. The third kappa shape index (κ3) is 2.36. The van der Waals surface area contributed by atoms with E-state index in [0.29, 0.717) is 24.7 Å². The smallest absolute Gasteiger partial charge is 0.318 e. The van der Waals surface area contributed by atoms with Crippen LogP contribution < -0.4 is 20.1 Å². The fourth-order valence-electron chi connectivity index (χ4n) is 1.43. The number of anilines is 1. The van der Waals surface area contributed by atoms with Gasteiger partial charge in [-0.1, -0.05) is 0 Å². The first-order valence-electron chi connectivity index (χ1n) is 5.18. The molecule has 5 heteroatoms. The van der Waals surface area contributed by atoms with Crippen molar-refractivity contribution in [1.29, 1.82) is 0 Å². The molecule has 0 spiro atoms. The lowest BCUT2D eigenvalue weighted by atomic mass is 10.3. The number of carbonyl (C=O) groups excluding carboxylic acids is 1. The van der Waals surface area contributed by atoms with Gasteiger partial charge in [0.05, 0.1) is 13.2 Å². The fraction of sp³-hybridized carbons (Fsp3) is 0.364. The number of fused-ring (bicyclic) bond motifs is 1. The molecule has 1 aromatic carbocycles. The van der Waals surface area contributed by atoms with Crippen molar-refractivity contribution in [2.75, 3.05) is 25.6 Å². The Morgan fingerprint density at radius 1 is 1.25 bits per heavy atom. The van der Waals surface area contributed by atoms with E-state index < -0.39 is 0 Å². The Labute approximate surface area is 93.7 Å². The van der Waals surface area contributed by atoms with Gasteiger partial charge in [-0.3, -0.25) is 0 Å². The molecule has 0 atom stereocenters. The van der Waals surface area contributed by atoms with Crippen LogP contribution in [0, 0.1) is 0 Å². The molecule has 0 aromatic heterocycles.